The van der Waals surface area contributed by atoms with Crippen LogP contribution < -0.4 is 9.62 Å². The van der Waals surface area contributed by atoms with Gasteiger partial charge in [0.2, 0.25) is 21.8 Å². The normalized spacial score (nSPS) is 14.9. The average molecular weight is 555 g/mol. The molecular weight excluding hydrogens is 521 g/mol. The highest BCUT2D eigenvalue weighted by atomic mass is 35.5. The van der Waals surface area contributed by atoms with Crippen molar-refractivity contribution in [3.63, 3.8) is 0 Å². The van der Waals surface area contributed by atoms with Crippen LogP contribution in [0.2, 0.25) is 10.0 Å². The molecule has 0 saturated heterocycles. The quantitative estimate of drug-likeness (QED) is 0.480. The van der Waals surface area contributed by atoms with E-state index in [2.05, 4.69) is 5.32 Å². The molecule has 2 aromatic carbocycles. The standard InChI is InChI=1S/C26H33Cl2N3O4S/c1-17-11-18(2)13-23(12-17)31(36(4,34)35)16-25(32)30(15-20-9-10-21(27)14-24(20)28)19(3)26(33)29-22-7-5-6-8-22/h9-14,19,22H,5-8,15-16H2,1-4H3,(H,29,33)/t19-/m0/s1. The van der Waals surface area contributed by atoms with Crippen molar-refractivity contribution in [2.45, 2.75) is 65.1 Å². The van der Waals surface area contributed by atoms with Gasteiger partial charge in [-0.05, 0) is 74.6 Å². The maximum Gasteiger partial charge on any atom is 0.244 e. The number of benzene rings is 2. The molecule has 0 bridgehead atoms. The molecule has 1 aliphatic rings. The summed E-state index contributed by atoms with van der Waals surface area (Å²) < 4.78 is 26.5. The number of nitrogens with one attached hydrogen (secondary N) is 1. The molecule has 0 aromatic heterocycles. The number of carbonyl (C=O) groups excluding carboxylic acids is 2. The van der Waals surface area contributed by atoms with Gasteiger partial charge >= 0.3 is 0 Å². The molecule has 0 radical (unpaired) electrons. The van der Waals surface area contributed by atoms with Crippen molar-refractivity contribution in [2.24, 2.45) is 0 Å². The third-order valence-corrected chi connectivity index (χ3v) is 8.13. The van der Waals surface area contributed by atoms with E-state index in [9.17, 15) is 18.0 Å². The Morgan fingerprint density at radius 1 is 1.06 bits per heavy atom. The predicted octanol–water partition coefficient (Wildman–Crippen LogP) is 4.85. The zero-order valence-corrected chi connectivity index (χ0v) is 23.4. The molecule has 0 unspecified atom stereocenters. The second-order valence-electron chi connectivity index (χ2n) is 9.54. The second-order valence-corrected chi connectivity index (χ2v) is 12.3. The molecular formula is C26H33Cl2N3O4S. The molecule has 196 valence electrons. The van der Waals surface area contributed by atoms with Gasteiger partial charge in [0, 0.05) is 22.6 Å². The van der Waals surface area contributed by atoms with Crippen molar-refractivity contribution < 1.29 is 18.0 Å². The SMILES string of the molecule is Cc1cc(C)cc(N(CC(=O)N(Cc2ccc(Cl)cc2Cl)[C@@H](C)C(=O)NC2CCCC2)S(C)(=O)=O)c1. The van der Waals surface area contributed by atoms with Crippen LogP contribution in [-0.2, 0) is 26.2 Å². The highest BCUT2D eigenvalue weighted by molar-refractivity contribution is 7.92. The van der Waals surface area contributed by atoms with Crippen LogP contribution in [0.1, 0.15) is 49.3 Å². The van der Waals surface area contributed by atoms with Gasteiger partial charge in [0.1, 0.15) is 12.6 Å². The number of halogens is 2. The Hall–Kier alpha value is -2.29. The van der Waals surface area contributed by atoms with Gasteiger partial charge in [-0.2, -0.15) is 0 Å². The fourth-order valence-electron chi connectivity index (χ4n) is 4.52. The van der Waals surface area contributed by atoms with Gasteiger partial charge in [0.05, 0.1) is 11.9 Å². The minimum atomic E-state index is -3.79. The second kappa shape index (κ2) is 11.8. The van der Waals surface area contributed by atoms with Crippen molar-refractivity contribution in [2.75, 3.05) is 17.1 Å². The summed E-state index contributed by atoms with van der Waals surface area (Å²) in [5, 5.41) is 3.84. The van der Waals surface area contributed by atoms with E-state index in [-0.39, 0.29) is 18.5 Å². The summed E-state index contributed by atoms with van der Waals surface area (Å²) in [6.07, 6.45) is 4.99. The number of nitrogens with zero attached hydrogens (tertiary/aromatic N) is 2. The van der Waals surface area contributed by atoms with Crippen LogP contribution >= 0.6 is 23.2 Å². The number of hydrogen-bond donors (Lipinski definition) is 1. The summed E-state index contributed by atoms with van der Waals surface area (Å²) in [6.45, 7) is 4.95. The van der Waals surface area contributed by atoms with Crippen LogP contribution in [0.25, 0.3) is 0 Å². The first-order valence-electron chi connectivity index (χ1n) is 11.9. The summed E-state index contributed by atoms with van der Waals surface area (Å²) in [5.74, 6) is -0.794. The maximum absolute atomic E-state index is 13.7. The number of aryl methyl sites for hydroxylation is 2. The Kier molecular flexibility index (Phi) is 9.30. The van der Waals surface area contributed by atoms with E-state index in [0.717, 1.165) is 47.4 Å². The number of amides is 2. The van der Waals surface area contributed by atoms with Gasteiger partial charge in [0.15, 0.2) is 0 Å². The summed E-state index contributed by atoms with van der Waals surface area (Å²) in [4.78, 5) is 28.2. The lowest BCUT2D eigenvalue weighted by Gasteiger charge is -2.32. The molecule has 10 heteroatoms. The van der Waals surface area contributed by atoms with E-state index in [1.165, 1.54) is 4.90 Å². The lowest BCUT2D eigenvalue weighted by molar-refractivity contribution is -0.139. The first kappa shape index (κ1) is 28.3. The molecule has 0 aliphatic heterocycles. The predicted molar refractivity (Wildman–Crippen MR) is 145 cm³/mol. The molecule has 36 heavy (non-hydrogen) atoms. The van der Waals surface area contributed by atoms with Gasteiger partial charge in [-0.25, -0.2) is 8.42 Å². The third kappa shape index (κ3) is 7.37. The number of hydrogen-bond acceptors (Lipinski definition) is 4. The van der Waals surface area contributed by atoms with Crippen LogP contribution in [0.5, 0.6) is 0 Å². The number of carbonyl (C=O) groups is 2. The number of rotatable bonds is 9. The minimum absolute atomic E-state index is 0.0263. The molecule has 3 rings (SSSR count). The van der Waals surface area contributed by atoms with Crippen molar-refractivity contribution in [3.05, 3.63) is 63.1 Å². The smallest absolute Gasteiger partial charge is 0.244 e. The highest BCUT2D eigenvalue weighted by Crippen LogP contribution is 2.25. The van der Waals surface area contributed by atoms with Gasteiger partial charge in [-0.1, -0.05) is 48.2 Å². The molecule has 0 spiro atoms. The summed E-state index contributed by atoms with van der Waals surface area (Å²) >= 11 is 12.4. The average Bonchev–Trinajstić information content (AvgIpc) is 3.28. The van der Waals surface area contributed by atoms with E-state index < -0.39 is 28.5 Å². The first-order valence-corrected chi connectivity index (χ1v) is 14.6. The van der Waals surface area contributed by atoms with Crippen LogP contribution in [0.3, 0.4) is 0 Å². The van der Waals surface area contributed by atoms with E-state index in [1.807, 2.05) is 19.9 Å². The van der Waals surface area contributed by atoms with Crippen LogP contribution in [0, 0.1) is 13.8 Å². The summed E-state index contributed by atoms with van der Waals surface area (Å²) in [5.41, 5.74) is 2.75. The van der Waals surface area contributed by atoms with Crippen molar-refractivity contribution in [1.82, 2.24) is 10.2 Å². The Morgan fingerprint density at radius 2 is 1.67 bits per heavy atom. The van der Waals surface area contributed by atoms with E-state index in [4.69, 9.17) is 23.2 Å². The third-order valence-electron chi connectivity index (χ3n) is 6.40. The molecule has 0 heterocycles. The molecule has 2 aromatic rings. The zero-order valence-electron chi connectivity index (χ0n) is 21.1. The fourth-order valence-corrected chi connectivity index (χ4v) is 5.82. The first-order chi connectivity index (χ1) is 16.8. The minimum Gasteiger partial charge on any atom is -0.352 e. The Bertz CT molecular complexity index is 1210. The summed E-state index contributed by atoms with van der Waals surface area (Å²) in [7, 11) is -3.79. The number of sulfonamides is 1. The Balaban J connectivity index is 1.93. The summed E-state index contributed by atoms with van der Waals surface area (Å²) in [6, 6.07) is 9.54. The lowest BCUT2D eigenvalue weighted by atomic mass is 10.1. The topological polar surface area (TPSA) is 86.8 Å². The van der Waals surface area contributed by atoms with Crippen LogP contribution in [0.4, 0.5) is 5.69 Å². The van der Waals surface area contributed by atoms with Gasteiger partial charge in [-0.15, -0.1) is 0 Å². The van der Waals surface area contributed by atoms with Crippen molar-refractivity contribution in [3.8, 4) is 0 Å². The van der Waals surface area contributed by atoms with E-state index >= 15 is 0 Å². The van der Waals surface area contributed by atoms with Gasteiger partial charge in [-0.3, -0.25) is 13.9 Å². The Labute approximate surface area is 223 Å². The van der Waals surface area contributed by atoms with E-state index in [0.29, 0.717) is 21.3 Å². The molecule has 1 atom stereocenters. The maximum atomic E-state index is 13.7. The van der Waals surface area contributed by atoms with Gasteiger partial charge < -0.3 is 10.2 Å². The molecule has 1 N–H and O–H groups in total. The molecule has 7 nitrogen and oxygen atoms in total. The molecule has 2 amide bonds. The fraction of sp³-hybridized carbons (Fsp3) is 0.462. The van der Waals surface area contributed by atoms with Crippen LogP contribution in [-0.4, -0.2) is 50.0 Å². The molecule has 1 aliphatic carbocycles. The molecule has 1 saturated carbocycles. The molecule has 1 fully saturated rings. The van der Waals surface area contributed by atoms with Crippen molar-refractivity contribution >= 4 is 50.7 Å². The lowest BCUT2D eigenvalue weighted by Crippen LogP contribution is -2.52. The largest absolute Gasteiger partial charge is 0.352 e. The highest BCUT2D eigenvalue weighted by Gasteiger charge is 2.31. The zero-order chi connectivity index (χ0) is 26.6. The van der Waals surface area contributed by atoms with Crippen LogP contribution in [0.15, 0.2) is 36.4 Å². The Morgan fingerprint density at radius 3 is 2.22 bits per heavy atom. The number of anilines is 1. The van der Waals surface area contributed by atoms with Gasteiger partial charge in [0.25, 0.3) is 0 Å². The van der Waals surface area contributed by atoms with E-state index in [1.54, 1.807) is 37.3 Å². The monoisotopic (exact) mass is 553 g/mol. The van der Waals surface area contributed by atoms with Crippen molar-refractivity contribution in [1.29, 1.82) is 0 Å².